The molecule has 5 heteroatoms. The monoisotopic (exact) mass is 305 g/mol. The van der Waals surface area contributed by atoms with Crippen molar-refractivity contribution in [3.8, 4) is 11.3 Å². The van der Waals surface area contributed by atoms with E-state index in [1.165, 1.54) is 26.2 Å². The van der Waals surface area contributed by atoms with E-state index >= 15 is 0 Å². The molecule has 3 heterocycles. The van der Waals surface area contributed by atoms with Gasteiger partial charge in [0.2, 0.25) is 0 Å². The van der Waals surface area contributed by atoms with Crippen molar-refractivity contribution in [1.82, 2.24) is 15.4 Å². The first-order valence-electron chi connectivity index (χ1n) is 7.32. The SMILES string of the molecule is Cl.c1ccc(-c2cc(CN3C[C@H]4CNC[C@H]4C3)on2)cc1. The van der Waals surface area contributed by atoms with Crippen molar-refractivity contribution in [1.29, 1.82) is 0 Å². The lowest BCUT2D eigenvalue weighted by Gasteiger charge is -2.14. The smallest absolute Gasteiger partial charge is 0.151 e. The molecule has 0 saturated carbocycles. The van der Waals surface area contributed by atoms with Gasteiger partial charge in [-0.1, -0.05) is 35.5 Å². The van der Waals surface area contributed by atoms with Crippen LogP contribution in [0.3, 0.4) is 0 Å². The van der Waals surface area contributed by atoms with Crippen molar-refractivity contribution in [2.45, 2.75) is 6.54 Å². The predicted octanol–water partition coefficient (Wildman–Crippen LogP) is 2.41. The van der Waals surface area contributed by atoms with Gasteiger partial charge >= 0.3 is 0 Å². The van der Waals surface area contributed by atoms with E-state index in [2.05, 4.69) is 33.6 Å². The highest BCUT2D eigenvalue weighted by atomic mass is 35.5. The van der Waals surface area contributed by atoms with Crippen LogP contribution in [0, 0.1) is 11.8 Å². The van der Waals surface area contributed by atoms with Crippen LogP contribution in [0.2, 0.25) is 0 Å². The molecule has 0 spiro atoms. The number of hydrogen-bond acceptors (Lipinski definition) is 4. The summed E-state index contributed by atoms with van der Waals surface area (Å²) in [5, 5.41) is 7.66. The number of rotatable bonds is 3. The summed E-state index contributed by atoms with van der Waals surface area (Å²) in [4.78, 5) is 2.49. The molecule has 1 aromatic heterocycles. The molecule has 2 aromatic rings. The number of fused-ring (bicyclic) bond motifs is 1. The van der Waals surface area contributed by atoms with Crippen molar-refractivity contribution in [2.75, 3.05) is 26.2 Å². The van der Waals surface area contributed by atoms with Crippen LogP contribution >= 0.6 is 12.4 Å². The van der Waals surface area contributed by atoms with Crippen molar-refractivity contribution < 1.29 is 4.52 Å². The Labute approximate surface area is 130 Å². The number of likely N-dealkylation sites (tertiary alicyclic amines) is 1. The van der Waals surface area contributed by atoms with Crippen molar-refractivity contribution in [3.05, 3.63) is 42.2 Å². The molecular weight excluding hydrogens is 286 g/mol. The first-order chi connectivity index (χ1) is 9.88. The Morgan fingerprint density at radius 1 is 1.14 bits per heavy atom. The minimum absolute atomic E-state index is 0. The lowest BCUT2D eigenvalue weighted by atomic mass is 10.0. The van der Waals surface area contributed by atoms with Gasteiger partial charge in [-0.25, -0.2) is 0 Å². The molecule has 2 atom stereocenters. The van der Waals surface area contributed by atoms with Gasteiger partial charge in [0.1, 0.15) is 5.69 Å². The summed E-state index contributed by atoms with van der Waals surface area (Å²) in [7, 11) is 0. The first kappa shape index (κ1) is 14.6. The summed E-state index contributed by atoms with van der Waals surface area (Å²) in [6, 6.07) is 12.3. The van der Waals surface area contributed by atoms with Gasteiger partial charge in [0, 0.05) is 24.7 Å². The second-order valence-corrected chi connectivity index (χ2v) is 5.92. The quantitative estimate of drug-likeness (QED) is 0.945. The zero-order valence-corrected chi connectivity index (χ0v) is 12.7. The second-order valence-electron chi connectivity index (χ2n) is 5.92. The number of aromatic nitrogens is 1. The highest BCUT2D eigenvalue weighted by Gasteiger charge is 2.36. The fourth-order valence-corrected chi connectivity index (χ4v) is 3.43. The molecule has 0 amide bonds. The molecule has 0 unspecified atom stereocenters. The van der Waals surface area contributed by atoms with Crippen LogP contribution in [-0.2, 0) is 6.54 Å². The molecule has 2 aliphatic heterocycles. The highest BCUT2D eigenvalue weighted by molar-refractivity contribution is 5.85. The summed E-state index contributed by atoms with van der Waals surface area (Å²) < 4.78 is 5.50. The minimum Gasteiger partial charge on any atom is -0.359 e. The number of nitrogens with one attached hydrogen (secondary N) is 1. The molecule has 21 heavy (non-hydrogen) atoms. The molecule has 1 N–H and O–H groups in total. The van der Waals surface area contributed by atoms with Gasteiger partial charge in [0.05, 0.1) is 6.54 Å². The third-order valence-electron chi connectivity index (χ3n) is 4.47. The third kappa shape index (κ3) is 2.98. The van der Waals surface area contributed by atoms with Crippen LogP contribution < -0.4 is 5.32 Å². The molecule has 4 nitrogen and oxygen atoms in total. The minimum atomic E-state index is 0. The lowest BCUT2D eigenvalue weighted by molar-refractivity contribution is 0.259. The molecule has 2 saturated heterocycles. The Balaban J connectivity index is 0.00000132. The maximum Gasteiger partial charge on any atom is 0.151 e. The zero-order valence-electron chi connectivity index (χ0n) is 11.9. The Hall–Kier alpha value is -1.36. The normalized spacial score (nSPS) is 24.8. The predicted molar refractivity (Wildman–Crippen MR) is 84.3 cm³/mol. The van der Waals surface area contributed by atoms with Gasteiger partial charge in [0.15, 0.2) is 5.76 Å². The second kappa shape index (κ2) is 6.18. The van der Waals surface area contributed by atoms with Crippen LogP contribution in [0.5, 0.6) is 0 Å². The van der Waals surface area contributed by atoms with Crippen LogP contribution in [-0.4, -0.2) is 36.2 Å². The largest absolute Gasteiger partial charge is 0.359 e. The standard InChI is InChI=1S/C16H19N3O.ClH/c1-2-4-12(5-3-1)16-6-15(20-18-16)11-19-9-13-7-17-8-14(13)10-19;/h1-6,13-14,17H,7-11H2;1H/t13-,14+;. The highest BCUT2D eigenvalue weighted by Crippen LogP contribution is 2.28. The van der Waals surface area contributed by atoms with Gasteiger partial charge in [-0.05, 0) is 24.9 Å². The Bertz CT molecular complexity index is 574. The summed E-state index contributed by atoms with van der Waals surface area (Å²) in [5.41, 5.74) is 2.05. The van der Waals surface area contributed by atoms with E-state index in [1.807, 2.05) is 18.2 Å². The van der Waals surface area contributed by atoms with Crippen molar-refractivity contribution in [2.24, 2.45) is 11.8 Å². The van der Waals surface area contributed by atoms with E-state index in [4.69, 9.17) is 4.52 Å². The maximum atomic E-state index is 5.50. The summed E-state index contributed by atoms with van der Waals surface area (Å²) in [6.07, 6.45) is 0. The van der Waals surface area contributed by atoms with E-state index in [0.717, 1.165) is 35.4 Å². The third-order valence-corrected chi connectivity index (χ3v) is 4.47. The summed E-state index contributed by atoms with van der Waals surface area (Å²) >= 11 is 0. The van der Waals surface area contributed by atoms with E-state index in [0.29, 0.717) is 0 Å². The summed E-state index contributed by atoms with van der Waals surface area (Å²) in [5.74, 6) is 2.62. The van der Waals surface area contributed by atoms with Crippen LogP contribution in [0.15, 0.2) is 40.9 Å². The molecule has 2 aliphatic rings. The fourth-order valence-electron chi connectivity index (χ4n) is 3.43. The number of halogens is 1. The number of nitrogens with zero attached hydrogens (tertiary/aromatic N) is 2. The molecule has 2 fully saturated rings. The number of hydrogen-bond donors (Lipinski definition) is 1. The van der Waals surface area contributed by atoms with Gasteiger partial charge in [-0.15, -0.1) is 12.4 Å². The molecule has 4 rings (SSSR count). The van der Waals surface area contributed by atoms with Crippen molar-refractivity contribution >= 4 is 12.4 Å². The molecule has 0 aliphatic carbocycles. The van der Waals surface area contributed by atoms with E-state index in [1.54, 1.807) is 0 Å². The van der Waals surface area contributed by atoms with Gasteiger partial charge in [0.25, 0.3) is 0 Å². The zero-order chi connectivity index (χ0) is 13.4. The molecular formula is C16H20ClN3O. The molecule has 112 valence electrons. The van der Waals surface area contributed by atoms with E-state index in [9.17, 15) is 0 Å². The van der Waals surface area contributed by atoms with Crippen LogP contribution in [0.1, 0.15) is 5.76 Å². The Kier molecular flexibility index (Phi) is 4.29. The topological polar surface area (TPSA) is 41.3 Å². The Morgan fingerprint density at radius 3 is 2.57 bits per heavy atom. The average molecular weight is 306 g/mol. The van der Waals surface area contributed by atoms with Crippen molar-refractivity contribution in [3.63, 3.8) is 0 Å². The lowest BCUT2D eigenvalue weighted by Crippen LogP contribution is -2.25. The van der Waals surface area contributed by atoms with Gasteiger partial charge in [-0.3, -0.25) is 4.90 Å². The Morgan fingerprint density at radius 2 is 1.86 bits per heavy atom. The van der Waals surface area contributed by atoms with Gasteiger partial charge in [-0.2, -0.15) is 0 Å². The molecule has 0 radical (unpaired) electrons. The average Bonchev–Trinajstić information content (AvgIpc) is 3.16. The maximum absolute atomic E-state index is 5.50. The summed E-state index contributed by atoms with van der Waals surface area (Å²) in [6.45, 7) is 5.59. The number of benzene rings is 1. The van der Waals surface area contributed by atoms with E-state index < -0.39 is 0 Å². The van der Waals surface area contributed by atoms with Gasteiger partial charge < -0.3 is 9.84 Å². The van der Waals surface area contributed by atoms with Crippen LogP contribution in [0.4, 0.5) is 0 Å². The fraction of sp³-hybridized carbons (Fsp3) is 0.438. The molecule has 0 bridgehead atoms. The molecule has 1 aromatic carbocycles. The first-order valence-corrected chi connectivity index (χ1v) is 7.32. The van der Waals surface area contributed by atoms with Crippen LogP contribution in [0.25, 0.3) is 11.3 Å². The van der Waals surface area contributed by atoms with E-state index in [-0.39, 0.29) is 12.4 Å².